The summed E-state index contributed by atoms with van der Waals surface area (Å²) in [6.45, 7) is 0.861. The highest BCUT2D eigenvalue weighted by molar-refractivity contribution is 5.27. The number of hydrogen-bond acceptors (Lipinski definition) is 3. The molecule has 1 rings (SSSR count). The van der Waals surface area contributed by atoms with Gasteiger partial charge in [0.15, 0.2) is 0 Å². The minimum Gasteiger partial charge on any atom is -0.494 e. The average Bonchev–Trinajstić information content (AvgIpc) is 2.40. The summed E-state index contributed by atoms with van der Waals surface area (Å²) in [6.07, 6.45) is -2.69. The van der Waals surface area contributed by atoms with Crippen molar-refractivity contribution in [3.05, 3.63) is 29.8 Å². The van der Waals surface area contributed by atoms with Crippen molar-refractivity contribution < 1.29 is 27.8 Å². The second-order valence-electron chi connectivity index (χ2n) is 4.90. The fraction of sp³-hybridized carbons (Fsp3) is 0.600. The lowest BCUT2D eigenvalue weighted by Crippen LogP contribution is -2.18. The van der Waals surface area contributed by atoms with Crippen molar-refractivity contribution in [3.63, 3.8) is 0 Å². The summed E-state index contributed by atoms with van der Waals surface area (Å²) in [7, 11) is 0. The largest absolute Gasteiger partial charge is 0.494 e. The molecule has 0 saturated heterocycles. The highest BCUT2D eigenvalue weighted by Gasteiger charge is 2.27. The van der Waals surface area contributed by atoms with Crippen LogP contribution in [0.2, 0.25) is 0 Å². The van der Waals surface area contributed by atoms with Crippen LogP contribution in [0.15, 0.2) is 24.3 Å². The quantitative estimate of drug-likeness (QED) is 0.711. The lowest BCUT2D eigenvalue weighted by Gasteiger charge is -2.09. The number of rotatable bonds is 9. The molecular formula is C15H21F3O3. The Bertz CT molecular complexity index is 388. The molecule has 1 unspecified atom stereocenters. The molecule has 0 aromatic heterocycles. The average molecular weight is 306 g/mol. The molecule has 1 aromatic carbocycles. The van der Waals surface area contributed by atoms with E-state index in [1.165, 1.54) is 0 Å². The molecular weight excluding hydrogens is 285 g/mol. The first kappa shape index (κ1) is 17.8. The predicted octanol–water partition coefficient (Wildman–Crippen LogP) is 3.35. The second kappa shape index (κ2) is 8.89. The molecule has 0 fully saturated rings. The lowest BCUT2D eigenvalue weighted by molar-refractivity contribution is -0.174. The number of benzene rings is 1. The molecule has 0 amide bonds. The van der Waals surface area contributed by atoms with Crippen molar-refractivity contribution in [3.8, 4) is 5.75 Å². The van der Waals surface area contributed by atoms with Crippen LogP contribution in [0.25, 0.3) is 0 Å². The fourth-order valence-corrected chi connectivity index (χ4v) is 1.67. The Morgan fingerprint density at radius 1 is 1.14 bits per heavy atom. The Morgan fingerprint density at radius 2 is 1.81 bits per heavy atom. The molecule has 0 saturated carbocycles. The van der Waals surface area contributed by atoms with Crippen molar-refractivity contribution in [2.45, 2.75) is 38.5 Å². The molecule has 0 heterocycles. The van der Waals surface area contributed by atoms with Crippen molar-refractivity contribution >= 4 is 0 Å². The second-order valence-corrected chi connectivity index (χ2v) is 4.90. The highest BCUT2D eigenvalue weighted by Crippen LogP contribution is 2.15. The van der Waals surface area contributed by atoms with Crippen LogP contribution in [-0.2, 0) is 11.2 Å². The summed E-state index contributed by atoms with van der Waals surface area (Å²) >= 11 is 0. The maximum Gasteiger partial charge on any atom is 0.411 e. The first-order valence-corrected chi connectivity index (χ1v) is 6.91. The van der Waals surface area contributed by atoms with Gasteiger partial charge in [0.25, 0.3) is 0 Å². The molecule has 1 N–H and O–H groups in total. The van der Waals surface area contributed by atoms with E-state index in [2.05, 4.69) is 4.74 Å². The van der Waals surface area contributed by atoms with Crippen LogP contribution >= 0.6 is 0 Å². The summed E-state index contributed by atoms with van der Waals surface area (Å²) in [4.78, 5) is 0. The van der Waals surface area contributed by atoms with Gasteiger partial charge in [-0.15, -0.1) is 0 Å². The van der Waals surface area contributed by atoms with Gasteiger partial charge in [0.2, 0.25) is 0 Å². The summed E-state index contributed by atoms with van der Waals surface area (Å²) in [5.74, 6) is 0.673. The third kappa shape index (κ3) is 9.31. The molecule has 3 nitrogen and oxygen atoms in total. The third-order valence-corrected chi connectivity index (χ3v) is 2.74. The minimum absolute atomic E-state index is 0.0198. The maximum atomic E-state index is 11.8. The first-order valence-electron chi connectivity index (χ1n) is 6.91. The van der Waals surface area contributed by atoms with Gasteiger partial charge >= 0.3 is 6.18 Å². The Hall–Kier alpha value is -1.27. The Morgan fingerprint density at radius 3 is 2.38 bits per heavy atom. The highest BCUT2D eigenvalue weighted by atomic mass is 19.4. The van der Waals surface area contributed by atoms with Gasteiger partial charge < -0.3 is 14.6 Å². The molecule has 0 bridgehead atoms. The summed E-state index contributed by atoms with van der Waals surface area (Å²) in [5, 5.41) is 9.20. The van der Waals surface area contributed by atoms with Crippen LogP contribution < -0.4 is 4.74 Å². The van der Waals surface area contributed by atoms with Crippen molar-refractivity contribution in [1.29, 1.82) is 0 Å². The zero-order valence-corrected chi connectivity index (χ0v) is 12.0. The molecule has 0 aliphatic carbocycles. The van der Waals surface area contributed by atoms with Gasteiger partial charge in [0.05, 0.1) is 19.3 Å². The number of hydrogen-bond donors (Lipinski definition) is 1. The molecule has 1 aromatic rings. The Labute approximate surface area is 122 Å². The number of alkyl halides is 3. The van der Waals surface area contributed by atoms with E-state index < -0.39 is 12.8 Å². The van der Waals surface area contributed by atoms with Crippen LogP contribution in [0.3, 0.4) is 0 Å². The molecule has 0 aliphatic heterocycles. The molecule has 1 atom stereocenters. The maximum absolute atomic E-state index is 11.8. The van der Waals surface area contributed by atoms with Gasteiger partial charge in [-0.1, -0.05) is 12.1 Å². The first-order chi connectivity index (χ1) is 9.87. The molecule has 120 valence electrons. The monoisotopic (exact) mass is 306 g/mol. The van der Waals surface area contributed by atoms with Crippen LogP contribution in [0.5, 0.6) is 5.75 Å². The van der Waals surface area contributed by atoms with Crippen LogP contribution in [0.1, 0.15) is 25.3 Å². The van der Waals surface area contributed by atoms with Gasteiger partial charge in [-0.3, -0.25) is 0 Å². The topological polar surface area (TPSA) is 38.7 Å². The van der Waals surface area contributed by atoms with Crippen LogP contribution in [0.4, 0.5) is 13.2 Å². The van der Waals surface area contributed by atoms with Crippen molar-refractivity contribution in [2.24, 2.45) is 0 Å². The van der Waals surface area contributed by atoms with Crippen molar-refractivity contribution in [2.75, 3.05) is 19.8 Å². The van der Waals surface area contributed by atoms with Gasteiger partial charge in [0, 0.05) is 6.42 Å². The van der Waals surface area contributed by atoms with Gasteiger partial charge in [-0.2, -0.15) is 13.2 Å². The van der Waals surface area contributed by atoms with Gasteiger partial charge in [-0.05, 0) is 37.5 Å². The molecule has 0 spiro atoms. The van der Waals surface area contributed by atoms with Crippen LogP contribution in [0, 0.1) is 0 Å². The zero-order chi connectivity index (χ0) is 15.7. The Balaban J connectivity index is 2.15. The van der Waals surface area contributed by atoms with Crippen LogP contribution in [-0.4, -0.2) is 37.2 Å². The standard InChI is InChI=1S/C15H21F3O3/c1-12(19)3-4-13-5-7-14(8-6-13)21-10-2-9-20-11-15(16,17)18/h5-8,12,19H,2-4,9-11H2,1H3. The summed E-state index contributed by atoms with van der Waals surface area (Å²) in [6, 6.07) is 7.46. The molecule has 0 aliphatic rings. The predicted molar refractivity (Wildman–Crippen MR) is 73.4 cm³/mol. The summed E-state index contributed by atoms with van der Waals surface area (Å²) in [5.41, 5.74) is 1.11. The molecule has 21 heavy (non-hydrogen) atoms. The van der Waals surface area contributed by atoms with E-state index >= 15 is 0 Å². The zero-order valence-electron chi connectivity index (χ0n) is 12.0. The Kier molecular flexibility index (Phi) is 7.53. The normalized spacial score (nSPS) is 13.2. The van der Waals surface area contributed by atoms with Gasteiger partial charge in [0.1, 0.15) is 12.4 Å². The number of halogens is 3. The van der Waals surface area contributed by atoms with Gasteiger partial charge in [-0.25, -0.2) is 0 Å². The number of aryl methyl sites for hydroxylation is 1. The summed E-state index contributed by atoms with van der Waals surface area (Å²) < 4.78 is 45.3. The number of ether oxygens (including phenoxy) is 2. The minimum atomic E-state index is -4.28. The van der Waals surface area contributed by atoms with E-state index in [0.717, 1.165) is 12.0 Å². The van der Waals surface area contributed by atoms with E-state index in [0.29, 0.717) is 25.2 Å². The SMILES string of the molecule is CC(O)CCc1ccc(OCCCOCC(F)(F)F)cc1. The molecule has 6 heteroatoms. The number of aliphatic hydroxyl groups is 1. The fourth-order valence-electron chi connectivity index (χ4n) is 1.67. The van der Waals surface area contributed by atoms with E-state index in [4.69, 9.17) is 4.74 Å². The third-order valence-electron chi connectivity index (χ3n) is 2.74. The number of aliphatic hydroxyl groups excluding tert-OH is 1. The van der Waals surface area contributed by atoms with E-state index in [1.54, 1.807) is 6.92 Å². The van der Waals surface area contributed by atoms with E-state index in [1.807, 2.05) is 24.3 Å². The van der Waals surface area contributed by atoms with E-state index in [9.17, 15) is 18.3 Å². The smallest absolute Gasteiger partial charge is 0.411 e. The molecule has 0 radical (unpaired) electrons. The van der Waals surface area contributed by atoms with E-state index in [-0.39, 0.29) is 12.7 Å². The van der Waals surface area contributed by atoms with Crippen molar-refractivity contribution in [1.82, 2.24) is 0 Å². The lowest BCUT2D eigenvalue weighted by atomic mass is 10.1.